The van der Waals surface area contributed by atoms with Crippen LogP contribution in [0.3, 0.4) is 0 Å². The summed E-state index contributed by atoms with van der Waals surface area (Å²) in [5.74, 6) is 0.799. The first-order valence-electron chi connectivity index (χ1n) is 6.28. The van der Waals surface area contributed by atoms with E-state index in [0.717, 1.165) is 13.1 Å². The van der Waals surface area contributed by atoms with Gasteiger partial charge in [-0.1, -0.05) is 13.8 Å². The lowest BCUT2D eigenvalue weighted by molar-refractivity contribution is -0.120. The molecule has 0 aromatic carbocycles. The van der Waals surface area contributed by atoms with Gasteiger partial charge in [-0.2, -0.15) is 0 Å². The smallest absolute Gasteiger partial charge is 0.234 e. The van der Waals surface area contributed by atoms with Gasteiger partial charge in [-0.15, -0.1) is 12.4 Å². The Hall–Kier alpha value is -0.320. The van der Waals surface area contributed by atoms with Gasteiger partial charge in [0.25, 0.3) is 0 Å². The average molecular weight is 264 g/mol. The van der Waals surface area contributed by atoms with Crippen molar-refractivity contribution in [1.82, 2.24) is 15.5 Å². The summed E-state index contributed by atoms with van der Waals surface area (Å²) < 4.78 is 0. The molecule has 1 saturated heterocycles. The molecule has 5 heteroatoms. The molecular weight excluding hydrogens is 238 g/mol. The van der Waals surface area contributed by atoms with Crippen LogP contribution >= 0.6 is 12.4 Å². The van der Waals surface area contributed by atoms with E-state index in [0.29, 0.717) is 18.5 Å². The van der Waals surface area contributed by atoms with Crippen LogP contribution in [0.5, 0.6) is 0 Å². The lowest BCUT2D eigenvalue weighted by Crippen LogP contribution is -2.43. The van der Waals surface area contributed by atoms with Crippen molar-refractivity contribution in [3.63, 3.8) is 0 Å². The van der Waals surface area contributed by atoms with Crippen LogP contribution in [0.1, 0.15) is 26.7 Å². The second-order valence-electron chi connectivity index (χ2n) is 5.02. The summed E-state index contributed by atoms with van der Waals surface area (Å²) in [5, 5.41) is 5.85. The molecule has 1 amide bonds. The molecule has 0 saturated carbocycles. The molecule has 1 atom stereocenters. The van der Waals surface area contributed by atoms with Crippen molar-refractivity contribution in [2.45, 2.75) is 32.7 Å². The summed E-state index contributed by atoms with van der Waals surface area (Å²) in [5.41, 5.74) is 0. The Morgan fingerprint density at radius 2 is 2.18 bits per heavy atom. The zero-order valence-electron chi connectivity index (χ0n) is 11.2. The molecule has 17 heavy (non-hydrogen) atoms. The van der Waals surface area contributed by atoms with Crippen molar-refractivity contribution in [2.75, 3.05) is 33.2 Å². The number of halogens is 1. The first-order valence-corrected chi connectivity index (χ1v) is 6.28. The Kier molecular flexibility index (Phi) is 8.56. The van der Waals surface area contributed by atoms with Gasteiger partial charge >= 0.3 is 0 Å². The minimum atomic E-state index is 0. The largest absolute Gasteiger partial charge is 0.353 e. The molecule has 0 aliphatic carbocycles. The van der Waals surface area contributed by atoms with Gasteiger partial charge in [-0.05, 0) is 32.4 Å². The number of hydrogen-bond donors (Lipinski definition) is 2. The van der Waals surface area contributed by atoms with E-state index < -0.39 is 0 Å². The van der Waals surface area contributed by atoms with Gasteiger partial charge in [0.1, 0.15) is 0 Å². The Morgan fingerprint density at radius 1 is 1.47 bits per heavy atom. The van der Waals surface area contributed by atoms with Crippen molar-refractivity contribution in [1.29, 1.82) is 0 Å². The molecule has 2 N–H and O–H groups in total. The Bertz CT molecular complexity index is 224. The lowest BCUT2D eigenvalue weighted by Gasteiger charge is -2.26. The van der Waals surface area contributed by atoms with Gasteiger partial charge in [0.15, 0.2) is 0 Å². The Balaban J connectivity index is 0.00000256. The number of nitrogens with one attached hydrogen (secondary N) is 2. The van der Waals surface area contributed by atoms with Crippen LogP contribution in [0.2, 0.25) is 0 Å². The van der Waals surface area contributed by atoms with Crippen LogP contribution in [0.25, 0.3) is 0 Å². The van der Waals surface area contributed by atoms with Gasteiger partial charge in [-0.3, -0.25) is 9.69 Å². The number of carbonyl (C=O) groups excluding carboxylic acids is 1. The van der Waals surface area contributed by atoms with Crippen molar-refractivity contribution in [3.8, 4) is 0 Å². The fourth-order valence-corrected chi connectivity index (χ4v) is 2.29. The van der Waals surface area contributed by atoms with Gasteiger partial charge in [0.2, 0.25) is 5.91 Å². The fourth-order valence-electron chi connectivity index (χ4n) is 2.29. The topological polar surface area (TPSA) is 44.4 Å². The van der Waals surface area contributed by atoms with E-state index in [1.807, 2.05) is 0 Å². The molecule has 0 radical (unpaired) electrons. The lowest BCUT2D eigenvalue weighted by atomic mass is 10.1. The minimum Gasteiger partial charge on any atom is -0.353 e. The number of likely N-dealkylation sites (N-methyl/N-ethyl adjacent to an activating group) is 1. The van der Waals surface area contributed by atoms with Crippen molar-refractivity contribution < 1.29 is 4.79 Å². The summed E-state index contributed by atoms with van der Waals surface area (Å²) >= 11 is 0. The predicted octanol–water partition coefficient (Wildman–Crippen LogP) is 0.864. The Morgan fingerprint density at radius 3 is 2.76 bits per heavy atom. The van der Waals surface area contributed by atoms with E-state index >= 15 is 0 Å². The molecule has 0 bridgehead atoms. The molecular formula is C12H26ClN3O. The second kappa shape index (κ2) is 8.72. The average Bonchev–Trinajstić information content (AvgIpc) is 2.62. The molecule has 1 aliphatic rings. The molecule has 1 heterocycles. The van der Waals surface area contributed by atoms with Crippen LogP contribution in [0, 0.1) is 5.92 Å². The number of rotatable bonds is 6. The monoisotopic (exact) mass is 263 g/mol. The predicted molar refractivity (Wildman–Crippen MR) is 73.6 cm³/mol. The molecule has 0 aromatic heterocycles. The first-order chi connectivity index (χ1) is 7.63. The molecule has 0 unspecified atom stereocenters. The highest BCUT2D eigenvalue weighted by atomic mass is 35.5. The van der Waals surface area contributed by atoms with Crippen LogP contribution in [-0.4, -0.2) is 50.1 Å². The van der Waals surface area contributed by atoms with Gasteiger partial charge in [-0.25, -0.2) is 0 Å². The third kappa shape index (κ3) is 6.24. The third-order valence-corrected chi connectivity index (χ3v) is 2.97. The van der Waals surface area contributed by atoms with Crippen molar-refractivity contribution in [2.24, 2.45) is 5.92 Å². The molecule has 1 fully saturated rings. The molecule has 102 valence electrons. The highest BCUT2D eigenvalue weighted by Crippen LogP contribution is 2.17. The van der Waals surface area contributed by atoms with Crippen molar-refractivity contribution in [3.05, 3.63) is 0 Å². The summed E-state index contributed by atoms with van der Waals surface area (Å²) in [7, 11) is 1.79. The summed E-state index contributed by atoms with van der Waals surface area (Å²) in [6, 6.07) is 0.545. The molecule has 1 rings (SSSR count). The highest BCUT2D eigenvalue weighted by Gasteiger charge is 2.24. The second-order valence-corrected chi connectivity index (χ2v) is 5.02. The molecule has 0 spiro atoms. The van der Waals surface area contributed by atoms with E-state index in [9.17, 15) is 4.79 Å². The third-order valence-electron chi connectivity index (χ3n) is 2.97. The Labute approximate surface area is 111 Å². The van der Waals surface area contributed by atoms with E-state index in [4.69, 9.17) is 0 Å². The highest BCUT2D eigenvalue weighted by molar-refractivity contribution is 5.85. The molecule has 4 nitrogen and oxygen atoms in total. The maximum atomic E-state index is 11.3. The SMILES string of the molecule is CNCC(=O)NC[C@H]1CCCN1CC(C)C.Cl. The van der Waals surface area contributed by atoms with Gasteiger partial charge in [0, 0.05) is 19.1 Å². The van der Waals surface area contributed by atoms with Gasteiger partial charge < -0.3 is 10.6 Å². The molecule has 1 aliphatic heterocycles. The zero-order chi connectivity index (χ0) is 12.0. The van der Waals surface area contributed by atoms with E-state index in [-0.39, 0.29) is 18.3 Å². The maximum Gasteiger partial charge on any atom is 0.234 e. The number of amides is 1. The van der Waals surface area contributed by atoms with Gasteiger partial charge in [0.05, 0.1) is 6.54 Å². The quantitative estimate of drug-likeness (QED) is 0.747. The first kappa shape index (κ1) is 16.7. The molecule has 0 aromatic rings. The summed E-state index contributed by atoms with van der Waals surface area (Å²) in [4.78, 5) is 13.8. The normalized spacial score (nSPS) is 20.4. The van der Waals surface area contributed by atoms with E-state index in [1.54, 1.807) is 7.05 Å². The number of hydrogen-bond acceptors (Lipinski definition) is 3. The number of nitrogens with zero attached hydrogens (tertiary/aromatic N) is 1. The standard InChI is InChI=1S/C12H25N3O.ClH/c1-10(2)9-15-6-4-5-11(15)7-14-12(16)8-13-3;/h10-11,13H,4-9H2,1-3H3,(H,14,16);1H/t11-;/m1./s1. The zero-order valence-corrected chi connectivity index (χ0v) is 12.0. The number of carbonyl (C=O) groups is 1. The number of likely N-dealkylation sites (tertiary alicyclic amines) is 1. The van der Waals surface area contributed by atoms with E-state index in [2.05, 4.69) is 29.4 Å². The van der Waals surface area contributed by atoms with Crippen LogP contribution < -0.4 is 10.6 Å². The minimum absolute atomic E-state index is 0. The van der Waals surface area contributed by atoms with Crippen LogP contribution in [0.4, 0.5) is 0 Å². The van der Waals surface area contributed by atoms with Crippen molar-refractivity contribution >= 4 is 18.3 Å². The summed E-state index contributed by atoms with van der Waals surface area (Å²) in [6.07, 6.45) is 2.48. The van der Waals surface area contributed by atoms with E-state index in [1.165, 1.54) is 19.4 Å². The van der Waals surface area contributed by atoms with Crippen LogP contribution in [0.15, 0.2) is 0 Å². The summed E-state index contributed by atoms with van der Waals surface area (Å²) in [6.45, 7) is 8.03. The maximum absolute atomic E-state index is 11.3. The van der Waals surface area contributed by atoms with Crippen LogP contribution in [-0.2, 0) is 4.79 Å². The fraction of sp³-hybridized carbons (Fsp3) is 0.917.